The first-order chi connectivity index (χ1) is 11.1. The molecule has 0 fully saturated rings. The first-order valence-corrected chi connectivity index (χ1v) is 7.74. The number of nitrogens with one attached hydrogen (secondary N) is 1. The fourth-order valence-electron chi connectivity index (χ4n) is 2.26. The molecule has 4 heteroatoms. The quantitative estimate of drug-likeness (QED) is 0.852. The van der Waals surface area contributed by atoms with E-state index in [2.05, 4.69) is 24.4 Å². The molecule has 2 unspecified atom stereocenters. The summed E-state index contributed by atoms with van der Waals surface area (Å²) >= 11 is 0. The van der Waals surface area contributed by atoms with Gasteiger partial charge in [-0.2, -0.15) is 0 Å². The smallest absolute Gasteiger partial charge is 0.260 e. The molecule has 0 aliphatic carbocycles. The maximum absolute atomic E-state index is 12.2. The Hall–Kier alpha value is -2.49. The van der Waals surface area contributed by atoms with Crippen molar-refractivity contribution in [2.24, 2.45) is 0 Å². The van der Waals surface area contributed by atoms with Crippen LogP contribution in [0, 0.1) is 0 Å². The van der Waals surface area contributed by atoms with Gasteiger partial charge in [-0.05, 0) is 30.5 Å². The Bertz CT molecular complexity index is 628. The molecule has 2 atom stereocenters. The third-order valence-corrected chi connectivity index (χ3v) is 3.69. The van der Waals surface area contributed by atoms with Gasteiger partial charge in [-0.25, -0.2) is 0 Å². The lowest BCUT2D eigenvalue weighted by Crippen LogP contribution is -2.38. The van der Waals surface area contributed by atoms with Gasteiger partial charge in [0.1, 0.15) is 0 Å². The summed E-state index contributed by atoms with van der Waals surface area (Å²) in [5.41, 5.74) is 1.20. The maximum atomic E-state index is 12.2. The van der Waals surface area contributed by atoms with E-state index in [1.54, 1.807) is 26.2 Å². The van der Waals surface area contributed by atoms with Gasteiger partial charge < -0.3 is 14.8 Å². The number of amides is 1. The standard InChI is InChI=1S/C19H23NO3/c1-14(16-9-5-4-6-10-16)13-20-19(21)15(2)23-18-12-8-7-11-17(18)22-3/h4-12,14-15H,13H2,1-3H3,(H,20,21). The van der Waals surface area contributed by atoms with Crippen molar-refractivity contribution in [2.75, 3.05) is 13.7 Å². The van der Waals surface area contributed by atoms with E-state index in [4.69, 9.17) is 9.47 Å². The molecular formula is C19H23NO3. The largest absolute Gasteiger partial charge is 0.493 e. The Kier molecular flexibility index (Phi) is 6.03. The van der Waals surface area contributed by atoms with Crippen LogP contribution in [0.4, 0.5) is 0 Å². The van der Waals surface area contributed by atoms with Crippen molar-refractivity contribution < 1.29 is 14.3 Å². The lowest BCUT2D eigenvalue weighted by Gasteiger charge is -2.18. The molecular weight excluding hydrogens is 290 g/mol. The number of hydrogen-bond donors (Lipinski definition) is 1. The van der Waals surface area contributed by atoms with E-state index in [1.807, 2.05) is 30.3 Å². The van der Waals surface area contributed by atoms with Gasteiger partial charge in [0.25, 0.3) is 5.91 Å². The molecule has 2 rings (SSSR count). The first-order valence-electron chi connectivity index (χ1n) is 7.74. The molecule has 0 bridgehead atoms. The van der Waals surface area contributed by atoms with E-state index in [0.29, 0.717) is 18.0 Å². The van der Waals surface area contributed by atoms with Crippen molar-refractivity contribution in [1.82, 2.24) is 5.32 Å². The van der Waals surface area contributed by atoms with Crippen LogP contribution in [0.1, 0.15) is 25.3 Å². The summed E-state index contributed by atoms with van der Waals surface area (Å²) in [6, 6.07) is 17.4. The summed E-state index contributed by atoms with van der Waals surface area (Å²) in [7, 11) is 1.58. The Labute approximate surface area is 137 Å². The predicted octanol–water partition coefficient (Wildman–Crippen LogP) is 3.38. The highest BCUT2D eigenvalue weighted by Gasteiger charge is 2.17. The van der Waals surface area contributed by atoms with Gasteiger partial charge in [0.05, 0.1) is 7.11 Å². The van der Waals surface area contributed by atoms with Crippen molar-refractivity contribution in [1.29, 1.82) is 0 Å². The summed E-state index contributed by atoms with van der Waals surface area (Å²) in [6.07, 6.45) is -0.589. The van der Waals surface area contributed by atoms with Crippen LogP contribution in [0.2, 0.25) is 0 Å². The molecule has 0 heterocycles. The molecule has 0 aliphatic rings. The monoisotopic (exact) mass is 313 g/mol. The molecule has 0 saturated heterocycles. The highest BCUT2D eigenvalue weighted by molar-refractivity contribution is 5.80. The van der Waals surface area contributed by atoms with Crippen molar-refractivity contribution >= 4 is 5.91 Å². The Balaban J connectivity index is 1.88. The molecule has 2 aromatic carbocycles. The lowest BCUT2D eigenvalue weighted by atomic mass is 10.0. The number of benzene rings is 2. The molecule has 23 heavy (non-hydrogen) atoms. The fraction of sp³-hybridized carbons (Fsp3) is 0.316. The van der Waals surface area contributed by atoms with Crippen LogP contribution >= 0.6 is 0 Å². The number of rotatable bonds is 7. The minimum absolute atomic E-state index is 0.140. The summed E-state index contributed by atoms with van der Waals surface area (Å²) < 4.78 is 10.9. The van der Waals surface area contributed by atoms with Gasteiger partial charge in [-0.15, -0.1) is 0 Å². The predicted molar refractivity (Wildman–Crippen MR) is 91.0 cm³/mol. The van der Waals surface area contributed by atoms with Crippen LogP contribution in [-0.4, -0.2) is 25.7 Å². The first kappa shape index (κ1) is 16.9. The second kappa shape index (κ2) is 8.22. The van der Waals surface area contributed by atoms with Crippen LogP contribution in [0.25, 0.3) is 0 Å². The lowest BCUT2D eigenvalue weighted by molar-refractivity contribution is -0.127. The third kappa shape index (κ3) is 4.74. The molecule has 2 aromatic rings. The molecule has 122 valence electrons. The van der Waals surface area contributed by atoms with Crippen LogP contribution in [0.5, 0.6) is 11.5 Å². The van der Waals surface area contributed by atoms with Gasteiger partial charge >= 0.3 is 0 Å². The zero-order valence-electron chi connectivity index (χ0n) is 13.8. The minimum Gasteiger partial charge on any atom is -0.493 e. The van der Waals surface area contributed by atoms with E-state index >= 15 is 0 Å². The highest BCUT2D eigenvalue weighted by atomic mass is 16.5. The van der Waals surface area contributed by atoms with E-state index in [1.165, 1.54) is 5.56 Å². The molecule has 0 saturated carbocycles. The zero-order valence-corrected chi connectivity index (χ0v) is 13.8. The van der Waals surface area contributed by atoms with Crippen LogP contribution in [0.15, 0.2) is 54.6 Å². The van der Waals surface area contributed by atoms with E-state index < -0.39 is 6.10 Å². The van der Waals surface area contributed by atoms with Crippen molar-refractivity contribution in [3.63, 3.8) is 0 Å². The van der Waals surface area contributed by atoms with Crippen molar-refractivity contribution in [3.05, 3.63) is 60.2 Å². The number of carbonyl (C=O) groups is 1. The number of methoxy groups -OCH3 is 1. The zero-order chi connectivity index (χ0) is 16.7. The van der Waals surface area contributed by atoms with Gasteiger partial charge in [0.15, 0.2) is 17.6 Å². The second-order valence-electron chi connectivity index (χ2n) is 5.47. The molecule has 1 amide bonds. The van der Waals surface area contributed by atoms with Crippen LogP contribution in [-0.2, 0) is 4.79 Å². The fourth-order valence-corrected chi connectivity index (χ4v) is 2.26. The van der Waals surface area contributed by atoms with Crippen LogP contribution < -0.4 is 14.8 Å². The molecule has 0 aromatic heterocycles. The number of carbonyl (C=O) groups excluding carboxylic acids is 1. The van der Waals surface area contributed by atoms with Gasteiger partial charge in [-0.3, -0.25) is 4.79 Å². The van der Waals surface area contributed by atoms with Crippen LogP contribution in [0.3, 0.4) is 0 Å². The Morgan fingerprint density at radius 1 is 1.00 bits per heavy atom. The molecule has 0 spiro atoms. The number of ether oxygens (including phenoxy) is 2. The molecule has 0 radical (unpaired) electrons. The van der Waals surface area contributed by atoms with Gasteiger partial charge in [0, 0.05) is 6.54 Å². The SMILES string of the molecule is COc1ccccc1OC(C)C(=O)NCC(C)c1ccccc1. The second-order valence-corrected chi connectivity index (χ2v) is 5.47. The van der Waals surface area contributed by atoms with Gasteiger partial charge in [-0.1, -0.05) is 49.4 Å². The van der Waals surface area contributed by atoms with Gasteiger partial charge in [0.2, 0.25) is 0 Å². The Morgan fingerprint density at radius 3 is 2.26 bits per heavy atom. The van der Waals surface area contributed by atoms with E-state index in [0.717, 1.165) is 0 Å². The normalized spacial score (nSPS) is 13.0. The van der Waals surface area contributed by atoms with Crippen molar-refractivity contribution in [2.45, 2.75) is 25.9 Å². The van der Waals surface area contributed by atoms with E-state index in [9.17, 15) is 4.79 Å². The molecule has 4 nitrogen and oxygen atoms in total. The minimum atomic E-state index is -0.589. The summed E-state index contributed by atoms with van der Waals surface area (Å²) in [5.74, 6) is 1.29. The number of hydrogen-bond acceptors (Lipinski definition) is 3. The third-order valence-electron chi connectivity index (χ3n) is 3.69. The highest BCUT2D eigenvalue weighted by Crippen LogP contribution is 2.26. The van der Waals surface area contributed by atoms with E-state index in [-0.39, 0.29) is 11.8 Å². The molecule has 1 N–H and O–H groups in total. The average molecular weight is 313 g/mol. The Morgan fingerprint density at radius 2 is 1.61 bits per heavy atom. The summed E-state index contributed by atoms with van der Waals surface area (Å²) in [6.45, 7) is 4.39. The topological polar surface area (TPSA) is 47.6 Å². The molecule has 0 aliphatic heterocycles. The number of para-hydroxylation sites is 2. The summed E-state index contributed by atoms with van der Waals surface area (Å²) in [5, 5.41) is 2.93. The summed E-state index contributed by atoms with van der Waals surface area (Å²) in [4.78, 5) is 12.2. The maximum Gasteiger partial charge on any atom is 0.260 e. The average Bonchev–Trinajstić information content (AvgIpc) is 2.60. The van der Waals surface area contributed by atoms with Crippen molar-refractivity contribution in [3.8, 4) is 11.5 Å².